The van der Waals surface area contributed by atoms with Gasteiger partial charge in [0.2, 0.25) is 5.91 Å². The molecule has 2 rings (SSSR count). The number of urea groups is 1. The Hall–Kier alpha value is -2.24. The van der Waals surface area contributed by atoms with Crippen LogP contribution in [-0.4, -0.2) is 31.1 Å². The van der Waals surface area contributed by atoms with E-state index >= 15 is 0 Å². The number of fused-ring (bicyclic) bond motifs is 1. The quantitative estimate of drug-likeness (QED) is 0.715. The Morgan fingerprint density at radius 3 is 2.90 bits per heavy atom. The highest BCUT2D eigenvalue weighted by Gasteiger charge is 2.29. The minimum Gasteiger partial charge on any atom is -0.397 e. The Morgan fingerprint density at radius 2 is 2.20 bits per heavy atom. The predicted octanol–water partition coefficient (Wildman–Crippen LogP) is 0.866. The van der Waals surface area contributed by atoms with E-state index in [0.717, 1.165) is 24.2 Å². The van der Waals surface area contributed by atoms with Crippen molar-refractivity contribution in [1.82, 2.24) is 10.6 Å². The number of carbonyl (C=O) groups excluding carboxylic acids is 2. The van der Waals surface area contributed by atoms with Gasteiger partial charge < -0.3 is 16.0 Å². The van der Waals surface area contributed by atoms with Crippen LogP contribution in [0.25, 0.3) is 0 Å². The molecule has 1 heterocycles. The van der Waals surface area contributed by atoms with Crippen LogP contribution >= 0.6 is 0 Å². The second-order valence-corrected chi connectivity index (χ2v) is 4.82. The molecular weight excluding hydrogens is 256 g/mol. The lowest BCUT2D eigenvalue weighted by molar-refractivity contribution is -0.120. The lowest BCUT2D eigenvalue weighted by atomic mass is 10.1. The number of hydrogen-bond acceptors (Lipinski definition) is 4. The fourth-order valence-corrected chi connectivity index (χ4v) is 2.47. The van der Waals surface area contributed by atoms with Crippen molar-refractivity contribution in [2.45, 2.75) is 26.3 Å². The lowest BCUT2D eigenvalue weighted by Gasteiger charge is -2.27. The number of hydrogen-bond donors (Lipinski definition) is 3. The van der Waals surface area contributed by atoms with Crippen molar-refractivity contribution in [3.05, 3.63) is 23.8 Å². The van der Waals surface area contributed by atoms with Crippen molar-refractivity contribution in [3.63, 3.8) is 0 Å². The minimum atomic E-state index is -0.468. The van der Waals surface area contributed by atoms with Crippen molar-refractivity contribution >= 4 is 23.3 Å². The van der Waals surface area contributed by atoms with Gasteiger partial charge in [-0.2, -0.15) is 0 Å². The number of nitrogen functional groups attached to an aromatic ring is 1. The number of amides is 3. The molecule has 4 N–H and O–H groups in total. The third-order valence-electron chi connectivity index (χ3n) is 3.48. The summed E-state index contributed by atoms with van der Waals surface area (Å²) in [5.74, 6) is -0.327. The maximum Gasteiger partial charge on any atom is 0.321 e. The van der Waals surface area contributed by atoms with E-state index in [9.17, 15) is 9.59 Å². The SMILES string of the molecule is CCNC(=O)NC(=O)C(C)N1CCc2cccc(N)c21. The number of carbonyl (C=O) groups is 2. The maximum absolute atomic E-state index is 12.1. The highest BCUT2D eigenvalue weighted by Crippen LogP contribution is 2.34. The zero-order chi connectivity index (χ0) is 14.7. The summed E-state index contributed by atoms with van der Waals surface area (Å²) < 4.78 is 0. The molecule has 0 saturated carbocycles. The Balaban J connectivity index is 2.10. The summed E-state index contributed by atoms with van der Waals surface area (Å²) in [6.07, 6.45) is 0.860. The molecule has 1 aromatic carbocycles. The molecule has 6 nitrogen and oxygen atoms in total. The summed E-state index contributed by atoms with van der Waals surface area (Å²) in [5, 5.41) is 4.87. The molecule has 0 saturated heterocycles. The van der Waals surface area contributed by atoms with E-state index in [2.05, 4.69) is 10.6 Å². The van der Waals surface area contributed by atoms with Crippen LogP contribution in [0.2, 0.25) is 0 Å². The Morgan fingerprint density at radius 1 is 1.45 bits per heavy atom. The van der Waals surface area contributed by atoms with Gasteiger partial charge in [-0.3, -0.25) is 10.1 Å². The molecule has 1 aromatic rings. The third-order valence-corrected chi connectivity index (χ3v) is 3.48. The van der Waals surface area contributed by atoms with Crippen molar-refractivity contribution in [3.8, 4) is 0 Å². The van der Waals surface area contributed by atoms with Crippen LogP contribution < -0.4 is 21.3 Å². The Labute approximate surface area is 118 Å². The molecule has 108 valence electrons. The van der Waals surface area contributed by atoms with Gasteiger partial charge in [0.15, 0.2) is 0 Å². The maximum atomic E-state index is 12.1. The summed E-state index contributed by atoms with van der Waals surface area (Å²) in [4.78, 5) is 25.4. The van der Waals surface area contributed by atoms with Crippen LogP contribution in [0.5, 0.6) is 0 Å². The average molecular weight is 276 g/mol. The Kier molecular flexibility index (Phi) is 4.12. The van der Waals surface area contributed by atoms with Gasteiger partial charge in [-0.1, -0.05) is 12.1 Å². The summed E-state index contributed by atoms with van der Waals surface area (Å²) in [5.41, 5.74) is 8.71. The highest BCUT2D eigenvalue weighted by atomic mass is 16.2. The molecule has 0 radical (unpaired) electrons. The van der Waals surface area contributed by atoms with Crippen LogP contribution in [0.4, 0.5) is 16.2 Å². The predicted molar refractivity (Wildman–Crippen MR) is 78.6 cm³/mol. The van der Waals surface area contributed by atoms with Gasteiger partial charge in [-0.25, -0.2) is 4.79 Å². The molecule has 1 aliphatic rings. The molecule has 3 amide bonds. The van der Waals surface area contributed by atoms with Crippen molar-refractivity contribution < 1.29 is 9.59 Å². The Bertz CT molecular complexity index is 530. The van der Waals surface area contributed by atoms with Crippen molar-refractivity contribution in [2.75, 3.05) is 23.7 Å². The van der Waals surface area contributed by atoms with E-state index in [1.54, 1.807) is 13.8 Å². The van der Waals surface area contributed by atoms with E-state index in [0.29, 0.717) is 12.2 Å². The number of anilines is 2. The summed E-state index contributed by atoms with van der Waals surface area (Å²) >= 11 is 0. The van der Waals surface area contributed by atoms with E-state index in [-0.39, 0.29) is 5.91 Å². The van der Waals surface area contributed by atoms with Crippen LogP contribution in [0.15, 0.2) is 18.2 Å². The monoisotopic (exact) mass is 276 g/mol. The summed E-state index contributed by atoms with van der Waals surface area (Å²) in [6.45, 7) is 4.78. The van der Waals surface area contributed by atoms with Gasteiger partial charge in [-0.05, 0) is 31.9 Å². The molecule has 1 aliphatic heterocycles. The molecular formula is C14H20N4O2. The first-order valence-corrected chi connectivity index (χ1v) is 6.77. The van der Waals surface area contributed by atoms with Gasteiger partial charge in [-0.15, -0.1) is 0 Å². The summed E-state index contributed by atoms with van der Waals surface area (Å²) in [6, 6.07) is 4.84. The molecule has 0 aliphatic carbocycles. The average Bonchev–Trinajstić information content (AvgIpc) is 2.83. The molecule has 0 fully saturated rings. The second-order valence-electron chi connectivity index (χ2n) is 4.82. The fraction of sp³-hybridized carbons (Fsp3) is 0.429. The first-order chi connectivity index (χ1) is 9.54. The van der Waals surface area contributed by atoms with Gasteiger partial charge in [0.1, 0.15) is 6.04 Å². The van der Waals surface area contributed by atoms with E-state index in [1.165, 1.54) is 0 Å². The number of imide groups is 1. The lowest BCUT2D eigenvalue weighted by Crippen LogP contribution is -2.49. The molecule has 20 heavy (non-hydrogen) atoms. The van der Waals surface area contributed by atoms with Crippen LogP contribution in [0.3, 0.4) is 0 Å². The van der Waals surface area contributed by atoms with E-state index < -0.39 is 12.1 Å². The first kappa shape index (κ1) is 14.2. The van der Waals surface area contributed by atoms with Crippen LogP contribution in [0.1, 0.15) is 19.4 Å². The minimum absolute atomic E-state index is 0.327. The highest BCUT2D eigenvalue weighted by molar-refractivity contribution is 5.99. The zero-order valence-corrected chi connectivity index (χ0v) is 11.8. The number of nitrogens with two attached hydrogens (primary N) is 1. The van der Waals surface area contributed by atoms with Crippen molar-refractivity contribution in [2.24, 2.45) is 0 Å². The molecule has 6 heteroatoms. The topological polar surface area (TPSA) is 87.5 Å². The largest absolute Gasteiger partial charge is 0.397 e. The number of nitrogens with one attached hydrogen (secondary N) is 2. The molecule has 0 bridgehead atoms. The molecule has 0 spiro atoms. The van der Waals surface area contributed by atoms with Crippen LogP contribution in [0, 0.1) is 0 Å². The zero-order valence-electron chi connectivity index (χ0n) is 11.8. The van der Waals surface area contributed by atoms with E-state index in [1.807, 2.05) is 23.1 Å². The van der Waals surface area contributed by atoms with E-state index in [4.69, 9.17) is 5.73 Å². The fourth-order valence-electron chi connectivity index (χ4n) is 2.47. The third kappa shape index (κ3) is 2.68. The van der Waals surface area contributed by atoms with Gasteiger partial charge in [0.05, 0.1) is 11.4 Å². The number of benzene rings is 1. The van der Waals surface area contributed by atoms with Crippen LogP contribution in [-0.2, 0) is 11.2 Å². The smallest absolute Gasteiger partial charge is 0.321 e. The van der Waals surface area contributed by atoms with Gasteiger partial charge in [0.25, 0.3) is 0 Å². The number of nitrogens with zero attached hydrogens (tertiary/aromatic N) is 1. The number of para-hydroxylation sites is 1. The number of rotatable bonds is 3. The summed E-state index contributed by atoms with van der Waals surface area (Å²) in [7, 11) is 0. The normalized spacial score (nSPS) is 14.6. The molecule has 1 unspecified atom stereocenters. The van der Waals surface area contributed by atoms with Gasteiger partial charge in [0, 0.05) is 13.1 Å². The molecule has 0 aromatic heterocycles. The molecule has 1 atom stereocenters. The standard InChI is InChI=1S/C14H20N4O2/c1-3-16-14(20)17-13(19)9(2)18-8-7-10-5-4-6-11(15)12(10)18/h4-6,9H,3,7-8,15H2,1-2H3,(H2,16,17,19,20). The van der Waals surface area contributed by atoms with Crippen molar-refractivity contribution in [1.29, 1.82) is 0 Å². The second kappa shape index (κ2) is 5.81. The van der Waals surface area contributed by atoms with Gasteiger partial charge >= 0.3 is 6.03 Å². The first-order valence-electron chi connectivity index (χ1n) is 6.77.